The summed E-state index contributed by atoms with van der Waals surface area (Å²) in [6, 6.07) is 0. The van der Waals surface area contributed by atoms with Gasteiger partial charge >= 0.3 is 5.97 Å². The molecule has 0 radical (unpaired) electrons. The zero-order chi connectivity index (χ0) is 11.8. The lowest BCUT2D eigenvalue weighted by Gasteiger charge is -2.05. The standard InChI is InChI=1S/C11H17NO3/c1-8(2)5-4-6-10(12-7-13)9(3)11(14)15/h8H,4-6H2,1-3H3,(H,14,15)/b10-9+. The Bertz CT molecular complexity index is 299. The minimum Gasteiger partial charge on any atom is -0.478 e. The maximum absolute atomic E-state index is 10.7. The fourth-order valence-corrected chi connectivity index (χ4v) is 1.18. The van der Waals surface area contributed by atoms with Crippen molar-refractivity contribution in [1.29, 1.82) is 0 Å². The third-order valence-corrected chi connectivity index (χ3v) is 2.13. The van der Waals surface area contributed by atoms with Gasteiger partial charge in [-0.3, -0.25) is 0 Å². The number of carboxylic acids is 1. The lowest BCUT2D eigenvalue weighted by molar-refractivity contribution is -0.132. The first-order chi connectivity index (χ1) is 6.99. The Morgan fingerprint density at radius 3 is 2.47 bits per heavy atom. The quantitative estimate of drug-likeness (QED) is 0.417. The van der Waals surface area contributed by atoms with Crippen molar-refractivity contribution in [2.75, 3.05) is 0 Å². The molecule has 0 fully saturated rings. The SMILES string of the molecule is C/C(C(=O)O)=C(/CCCC(C)C)N=C=O. The van der Waals surface area contributed by atoms with E-state index in [0.717, 1.165) is 12.8 Å². The van der Waals surface area contributed by atoms with Crippen LogP contribution in [-0.4, -0.2) is 17.2 Å². The van der Waals surface area contributed by atoms with Gasteiger partial charge in [0.25, 0.3) is 0 Å². The normalized spacial score (nSPS) is 12.0. The average molecular weight is 211 g/mol. The molecule has 0 aromatic heterocycles. The van der Waals surface area contributed by atoms with Crippen molar-refractivity contribution in [2.24, 2.45) is 10.9 Å². The van der Waals surface area contributed by atoms with Gasteiger partial charge in [-0.15, -0.1) is 0 Å². The molecular weight excluding hydrogens is 194 g/mol. The maximum Gasteiger partial charge on any atom is 0.333 e. The molecule has 0 heterocycles. The fourth-order valence-electron chi connectivity index (χ4n) is 1.18. The van der Waals surface area contributed by atoms with Gasteiger partial charge in [-0.2, -0.15) is 4.99 Å². The number of hydrogen-bond donors (Lipinski definition) is 1. The van der Waals surface area contributed by atoms with Gasteiger partial charge in [0.2, 0.25) is 6.08 Å². The van der Waals surface area contributed by atoms with E-state index in [2.05, 4.69) is 18.8 Å². The monoisotopic (exact) mass is 211 g/mol. The van der Waals surface area contributed by atoms with Crippen LogP contribution in [0.5, 0.6) is 0 Å². The fraction of sp³-hybridized carbons (Fsp3) is 0.636. The molecule has 0 amide bonds. The molecule has 0 spiro atoms. The van der Waals surface area contributed by atoms with Crippen LogP contribution in [0.25, 0.3) is 0 Å². The highest BCUT2D eigenvalue weighted by Crippen LogP contribution is 2.16. The van der Waals surface area contributed by atoms with Gasteiger partial charge in [-0.05, 0) is 25.7 Å². The highest BCUT2D eigenvalue weighted by molar-refractivity contribution is 5.86. The van der Waals surface area contributed by atoms with Crippen LogP contribution in [0.2, 0.25) is 0 Å². The van der Waals surface area contributed by atoms with Crippen molar-refractivity contribution >= 4 is 12.0 Å². The van der Waals surface area contributed by atoms with Gasteiger partial charge < -0.3 is 5.11 Å². The number of carbonyl (C=O) groups is 1. The number of rotatable bonds is 6. The summed E-state index contributed by atoms with van der Waals surface area (Å²) >= 11 is 0. The van der Waals surface area contributed by atoms with E-state index in [-0.39, 0.29) is 5.57 Å². The largest absolute Gasteiger partial charge is 0.478 e. The van der Waals surface area contributed by atoms with E-state index in [1.807, 2.05) is 0 Å². The first kappa shape index (κ1) is 13.6. The third-order valence-electron chi connectivity index (χ3n) is 2.13. The van der Waals surface area contributed by atoms with Crippen molar-refractivity contribution in [3.63, 3.8) is 0 Å². The highest BCUT2D eigenvalue weighted by atomic mass is 16.4. The van der Waals surface area contributed by atoms with Gasteiger partial charge in [-0.25, -0.2) is 9.59 Å². The number of carboxylic acid groups (broad SMARTS) is 1. The van der Waals surface area contributed by atoms with Gasteiger partial charge in [-0.1, -0.05) is 20.3 Å². The number of aliphatic carboxylic acids is 1. The number of carbonyl (C=O) groups excluding carboxylic acids is 1. The molecule has 84 valence electrons. The molecule has 0 aromatic rings. The molecule has 0 saturated heterocycles. The van der Waals surface area contributed by atoms with E-state index in [1.165, 1.54) is 13.0 Å². The zero-order valence-electron chi connectivity index (χ0n) is 9.41. The first-order valence-corrected chi connectivity index (χ1v) is 5.00. The topological polar surface area (TPSA) is 66.7 Å². The van der Waals surface area contributed by atoms with E-state index in [0.29, 0.717) is 18.0 Å². The van der Waals surface area contributed by atoms with Gasteiger partial charge in [0.15, 0.2) is 0 Å². The lowest BCUT2D eigenvalue weighted by atomic mass is 10.0. The molecule has 15 heavy (non-hydrogen) atoms. The number of isocyanates is 1. The van der Waals surface area contributed by atoms with Crippen LogP contribution >= 0.6 is 0 Å². The van der Waals surface area contributed by atoms with Crippen molar-refractivity contribution in [2.45, 2.75) is 40.0 Å². The molecule has 0 atom stereocenters. The molecular formula is C11H17NO3. The van der Waals surface area contributed by atoms with Crippen LogP contribution < -0.4 is 0 Å². The van der Waals surface area contributed by atoms with E-state index in [1.54, 1.807) is 0 Å². The van der Waals surface area contributed by atoms with Crippen LogP contribution in [0.3, 0.4) is 0 Å². The molecule has 1 N–H and O–H groups in total. The Hall–Kier alpha value is -1.41. The van der Waals surface area contributed by atoms with Crippen LogP contribution in [0, 0.1) is 5.92 Å². The maximum atomic E-state index is 10.7. The second-order valence-corrected chi connectivity index (χ2v) is 3.87. The first-order valence-electron chi connectivity index (χ1n) is 5.00. The van der Waals surface area contributed by atoms with E-state index in [9.17, 15) is 9.59 Å². The third kappa shape index (κ3) is 5.81. The molecule has 4 nitrogen and oxygen atoms in total. The number of aliphatic imine (C=N–C) groups is 1. The minimum atomic E-state index is -1.03. The zero-order valence-corrected chi connectivity index (χ0v) is 9.41. The summed E-state index contributed by atoms with van der Waals surface area (Å²) in [5.74, 6) is -0.467. The Morgan fingerprint density at radius 2 is 2.07 bits per heavy atom. The summed E-state index contributed by atoms with van der Waals surface area (Å²) in [7, 11) is 0. The summed E-state index contributed by atoms with van der Waals surface area (Å²) in [6.45, 7) is 5.64. The minimum absolute atomic E-state index is 0.127. The van der Waals surface area contributed by atoms with E-state index in [4.69, 9.17) is 5.11 Å². The molecule has 0 unspecified atom stereocenters. The highest BCUT2D eigenvalue weighted by Gasteiger charge is 2.08. The number of hydrogen-bond acceptors (Lipinski definition) is 3. The average Bonchev–Trinajstić information content (AvgIpc) is 2.14. The predicted molar refractivity (Wildman–Crippen MR) is 57.1 cm³/mol. The van der Waals surface area contributed by atoms with Crippen LogP contribution in [0.15, 0.2) is 16.3 Å². The number of nitrogens with zero attached hydrogens (tertiary/aromatic N) is 1. The molecule has 0 aromatic carbocycles. The summed E-state index contributed by atoms with van der Waals surface area (Å²) in [5.41, 5.74) is 0.459. The van der Waals surface area contributed by atoms with Crippen LogP contribution in [0.1, 0.15) is 40.0 Å². The predicted octanol–water partition coefficient (Wildman–Crippen LogP) is 2.51. The molecule has 0 saturated carbocycles. The lowest BCUT2D eigenvalue weighted by Crippen LogP contribution is -2.00. The Labute approximate surface area is 89.7 Å². The van der Waals surface area contributed by atoms with Crippen molar-refractivity contribution in [3.8, 4) is 0 Å². The molecule has 0 aliphatic rings. The Balaban J connectivity index is 4.49. The second-order valence-electron chi connectivity index (χ2n) is 3.87. The molecule has 0 bridgehead atoms. The Morgan fingerprint density at radius 1 is 1.47 bits per heavy atom. The molecule has 4 heteroatoms. The summed E-state index contributed by atoms with van der Waals surface area (Å²) in [6.07, 6.45) is 3.74. The van der Waals surface area contributed by atoms with E-state index < -0.39 is 5.97 Å². The van der Waals surface area contributed by atoms with Crippen LogP contribution in [0.4, 0.5) is 0 Å². The van der Waals surface area contributed by atoms with Crippen molar-refractivity contribution < 1.29 is 14.7 Å². The summed E-state index contributed by atoms with van der Waals surface area (Å²) in [4.78, 5) is 24.2. The van der Waals surface area contributed by atoms with Gasteiger partial charge in [0.05, 0.1) is 11.3 Å². The van der Waals surface area contributed by atoms with Gasteiger partial charge in [0.1, 0.15) is 0 Å². The molecule has 0 rings (SSSR count). The van der Waals surface area contributed by atoms with Crippen molar-refractivity contribution in [1.82, 2.24) is 0 Å². The molecule has 0 aliphatic carbocycles. The number of allylic oxidation sites excluding steroid dienone is 1. The van der Waals surface area contributed by atoms with Crippen LogP contribution in [-0.2, 0) is 9.59 Å². The molecule has 0 aliphatic heterocycles. The van der Waals surface area contributed by atoms with E-state index >= 15 is 0 Å². The summed E-state index contributed by atoms with van der Waals surface area (Å²) < 4.78 is 0. The second kappa shape index (κ2) is 6.96. The smallest absolute Gasteiger partial charge is 0.333 e. The summed E-state index contributed by atoms with van der Waals surface area (Å²) in [5, 5.41) is 8.74. The van der Waals surface area contributed by atoms with Gasteiger partial charge in [0, 0.05) is 0 Å². The van der Waals surface area contributed by atoms with Crippen molar-refractivity contribution in [3.05, 3.63) is 11.3 Å². The Kier molecular flexibility index (Phi) is 6.30.